The minimum atomic E-state index is 0.801. The molecule has 1 rings (SSSR count). The quantitative estimate of drug-likeness (QED) is 0.643. The van der Waals surface area contributed by atoms with Crippen LogP contribution in [0.2, 0.25) is 0 Å². The molecular formula is C10H21N. The summed E-state index contributed by atoms with van der Waals surface area (Å²) in [4.78, 5) is 0. The molecule has 1 N–H and O–H groups in total. The predicted molar refractivity (Wildman–Crippen MR) is 49.6 cm³/mol. The summed E-state index contributed by atoms with van der Waals surface area (Å²) in [5.74, 6) is 1.82. The zero-order valence-electron chi connectivity index (χ0n) is 8.06. The van der Waals surface area contributed by atoms with Crippen LogP contribution < -0.4 is 5.32 Å². The molecule has 11 heavy (non-hydrogen) atoms. The van der Waals surface area contributed by atoms with Gasteiger partial charge in [0.1, 0.15) is 0 Å². The van der Waals surface area contributed by atoms with Gasteiger partial charge < -0.3 is 5.32 Å². The molecule has 1 nitrogen and oxygen atoms in total. The molecule has 1 aliphatic carbocycles. The van der Waals surface area contributed by atoms with Crippen LogP contribution in [0.5, 0.6) is 0 Å². The lowest BCUT2D eigenvalue weighted by Crippen LogP contribution is -2.36. The molecule has 1 saturated carbocycles. The van der Waals surface area contributed by atoms with E-state index in [1.54, 1.807) is 0 Å². The molecule has 0 bridgehead atoms. The van der Waals surface area contributed by atoms with Crippen molar-refractivity contribution in [2.45, 2.75) is 46.1 Å². The van der Waals surface area contributed by atoms with Gasteiger partial charge in [-0.2, -0.15) is 0 Å². The number of nitrogens with one attached hydrogen (secondary N) is 1. The Morgan fingerprint density at radius 1 is 1.36 bits per heavy atom. The lowest BCUT2D eigenvalue weighted by atomic mass is 9.99. The van der Waals surface area contributed by atoms with Crippen LogP contribution in [0.1, 0.15) is 40.0 Å². The fourth-order valence-electron chi connectivity index (χ4n) is 1.71. The molecule has 66 valence electrons. The molecule has 0 saturated heterocycles. The van der Waals surface area contributed by atoms with Crippen molar-refractivity contribution in [1.82, 2.24) is 5.32 Å². The van der Waals surface area contributed by atoms with Crippen LogP contribution in [0.15, 0.2) is 0 Å². The molecule has 1 atom stereocenters. The Balaban J connectivity index is 2.21. The molecule has 0 aliphatic heterocycles. The first-order valence-corrected chi connectivity index (χ1v) is 4.99. The van der Waals surface area contributed by atoms with Crippen molar-refractivity contribution in [3.05, 3.63) is 0 Å². The van der Waals surface area contributed by atoms with Crippen LogP contribution in [0, 0.1) is 11.8 Å². The van der Waals surface area contributed by atoms with Crippen LogP contribution >= 0.6 is 0 Å². The summed E-state index contributed by atoms with van der Waals surface area (Å²) in [6, 6.07) is 0.801. The van der Waals surface area contributed by atoms with Crippen molar-refractivity contribution >= 4 is 0 Å². The van der Waals surface area contributed by atoms with E-state index in [0.29, 0.717) is 0 Å². The van der Waals surface area contributed by atoms with Gasteiger partial charge in [-0.1, -0.05) is 20.8 Å². The average molecular weight is 155 g/mol. The lowest BCUT2D eigenvalue weighted by Gasteiger charge is -2.21. The predicted octanol–water partition coefficient (Wildman–Crippen LogP) is 2.42. The summed E-state index contributed by atoms with van der Waals surface area (Å²) in [5, 5.41) is 3.63. The largest absolute Gasteiger partial charge is 0.313 e. The van der Waals surface area contributed by atoms with Gasteiger partial charge in [0.05, 0.1) is 0 Å². The molecule has 0 aromatic carbocycles. The third-order valence-electron chi connectivity index (χ3n) is 2.48. The molecule has 0 aromatic heterocycles. The first kappa shape index (κ1) is 9.05. The fraction of sp³-hybridized carbons (Fsp3) is 1.00. The third-order valence-corrected chi connectivity index (χ3v) is 2.48. The van der Waals surface area contributed by atoms with Gasteiger partial charge in [-0.25, -0.2) is 0 Å². The second-order valence-corrected chi connectivity index (χ2v) is 4.06. The van der Waals surface area contributed by atoms with Gasteiger partial charge in [0, 0.05) is 6.04 Å². The lowest BCUT2D eigenvalue weighted by molar-refractivity contribution is 0.362. The SMILES string of the molecule is CCCNC(C(C)C)C1CC1. The first-order chi connectivity index (χ1) is 5.25. The van der Waals surface area contributed by atoms with E-state index in [4.69, 9.17) is 0 Å². The summed E-state index contributed by atoms with van der Waals surface area (Å²) in [6.45, 7) is 8.08. The van der Waals surface area contributed by atoms with Crippen LogP contribution in [0.3, 0.4) is 0 Å². The maximum atomic E-state index is 3.63. The summed E-state index contributed by atoms with van der Waals surface area (Å²) >= 11 is 0. The molecule has 0 spiro atoms. The van der Waals surface area contributed by atoms with E-state index in [2.05, 4.69) is 26.1 Å². The maximum absolute atomic E-state index is 3.63. The summed E-state index contributed by atoms with van der Waals surface area (Å²) in [5.41, 5.74) is 0. The van der Waals surface area contributed by atoms with Gasteiger partial charge in [0.2, 0.25) is 0 Å². The Morgan fingerprint density at radius 3 is 2.36 bits per heavy atom. The topological polar surface area (TPSA) is 12.0 Å². The third kappa shape index (κ3) is 2.82. The van der Waals surface area contributed by atoms with Crippen LogP contribution in [0.4, 0.5) is 0 Å². The minimum Gasteiger partial charge on any atom is -0.313 e. The molecule has 1 aliphatic rings. The fourth-order valence-corrected chi connectivity index (χ4v) is 1.71. The Labute approximate surface area is 70.6 Å². The molecule has 0 radical (unpaired) electrons. The Kier molecular flexibility index (Phi) is 3.38. The molecule has 0 aromatic rings. The molecule has 1 fully saturated rings. The van der Waals surface area contributed by atoms with E-state index in [-0.39, 0.29) is 0 Å². The highest BCUT2D eigenvalue weighted by Crippen LogP contribution is 2.35. The second kappa shape index (κ2) is 4.10. The Morgan fingerprint density at radius 2 is 2.00 bits per heavy atom. The highest BCUT2D eigenvalue weighted by molar-refractivity contribution is 4.87. The first-order valence-electron chi connectivity index (χ1n) is 4.99. The maximum Gasteiger partial charge on any atom is 0.0118 e. The molecule has 1 unspecified atom stereocenters. The van der Waals surface area contributed by atoms with Gasteiger partial charge in [0.25, 0.3) is 0 Å². The highest BCUT2D eigenvalue weighted by atomic mass is 14.9. The van der Waals surface area contributed by atoms with E-state index < -0.39 is 0 Å². The molecular weight excluding hydrogens is 134 g/mol. The van der Waals surface area contributed by atoms with Gasteiger partial charge in [-0.3, -0.25) is 0 Å². The van der Waals surface area contributed by atoms with Crippen molar-refractivity contribution in [1.29, 1.82) is 0 Å². The zero-order valence-corrected chi connectivity index (χ0v) is 8.06. The van der Waals surface area contributed by atoms with Gasteiger partial charge in [-0.15, -0.1) is 0 Å². The van der Waals surface area contributed by atoms with E-state index in [1.165, 1.54) is 25.8 Å². The molecule has 0 amide bonds. The van der Waals surface area contributed by atoms with Crippen molar-refractivity contribution in [2.75, 3.05) is 6.54 Å². The van der Waals surface area contributed by atoms with E-state index in [1.807, 2.05) is 0 Å². The Bertz CT molecular complexity index is 103. The molecule has 0 heterocycles. The van der Waals surface area contributed by atoms with Gasteiger partial charge in [-0.05, 0) is 37.6 Å². The summed E-state index contributed by atoms with van der Waals surface area (Å²) < 4.78 is 0. The average Bonchev–Trinajstić information content (AvgIpc) is 2.71. The van der Waals surface area contributed by atoms with Crippen LogP contribution in [0.25, 0.3) is 0 Å². The highest BCUT2D eigenvalue weighted by Gasteiger charge is 2.32. The minimum absolute atomic E-state index is 0.801. The standard InChI is InChI=1S/C10H21N/c1-4-7-11-10(8(2)3)9-5-6-9/h8-11H,4-7H2,1-3H3. The van der Waals surface area contributed by atoms with Gasteiger partial charge >= 0.3 is 0 Å². The zero-order chi connectivity index (χ0) is 8.27. The number of rotatable bonds is 5. The second-order valence-electron chi connectivity index (χ2n) is 4.06. The van der Waals surface area contributed by atoms with Crippen molar-refractivity contribution in [3.63, 3.8) is 0 Å². The summed E-state index contributed by atoms with van der Waals surface area (Å²) in [7, 11) is 0. The van der Waals surface area contributed by atoms with Crippen LogP contribution in [-0.4, -0.2) is 12.6 Å². The Hall–Kier alpha value is -0.0400. The molecule has 1 heteroatoms. The van der Waals surface area contributed by atoms with Gasteiger partial charge in [0.15, 0.2) is 0 Å². The monoisotopic (exact) mass is 155 g/mol. The normalized spacial score (nSPS) is 20.7. The number of hydrogen-bond donors (Lipinski definition) is 1. The van der Waals surface area contributed by atoms with E-state index in [9.17, 15) is 0 Å². The van der Waals surface area contributed by atoms with E-state index in [0.717, 1.165) is 17.9 Å². The van der Waals surface area contributed by atoms with Crippen molar-refractivity contribution in [2.24, 2.45) is 11.8 Å². The van der Waals surface area contributed by atoms with Crippen LogP contribution in [-0.2, 0) is 0 Å². The summed E-state index contributed by atoms with van der Waals surface area (Å²) in [6.07, 6.45) is 4.18. The van der Waals surface area contributed by atoms with Crippen molar-refractivity contribution in [3.8, 4) is 0 Å². The van der Waals surface area contributed by atoms with E-state index >= 15 is 0 Å². The smallest absolute Gasteiger partial charge is 0.0118 e. The van der Waals surface area contributed by atoms with Crippen molar-refractivity contribution < 1.29 is 0 Å². The number of hydrogen-bond acceptors (Lipinski definition) is 1.